The van der Waals surface area contributed by atoms with Crippen molar-refractivity contribution in [2.75, 3.05) is 46.9 Å². The number of likely N-dealkylation sites (tertiary alicyclic amines) is 2. The molecule has 6 rings (SSSR count). The van der Waals surface area contributed by atoms with E-state index < -0.39 is 59.3 Å². The van der Waals surface area contributed by atoms with Crippen LogP contribution < -0.4 is 36.5 Å². The van der Waals surface area contributed by atoms with E-state index in [1.807, 2.05) is 12.1 Å². The average Bonchev–Trinajstić information content (AvgIpc) is 3.48. The van der Waals surface area contributed by atoms with E-state index in [4.69, 9.17) is 25.4 Å². The number of carbonyl (C=O) groups is 5. The predicted octanol–water partition coefficient (Wildman–Crippen LogP) is 0.160. The molecule has 2 saturated heterocycles. The number of likely N-dealkylation sites (N-methyl/N-ethyl adjacent to an activating group) is 1. The monoisotopic (exact) mass is 738 g/mol. The summed E-state index contributed by atoms with van der Waals surface area (Å²) in [5.74, 6) is -1.61. The molecule has 1 aromatic carbocycles. The Morgan fingerprint density at radius 2 is 1.96 bits per heavy atom. The SMILES string of the molecule is COc1ccc2c3c1OC1C(OC(=O)N4CC(C(=O)O)CCC4CNC(=O)[C@H](CCCNC(=N)N)NC(=O)CNC(C)=O)=CCC4[C@@H](C2)N(C)CC[C@]314. The van der Waals surface area contributed by atoms with Crippen molar-refractivity contribution >= 4 is 35.7 Å². The number of piperidine rings is 2. The van der Waals surface area contributed by atoms with Gasteiger partial charge in [0.25, 0.3) is 0 Å². The van der Waals surface area contributed by atoms with Crippen LogP contribution in [0.5, 0.6) is 11.5 Å². The molecular weight excluding hydrogens is 688 g/mol. The molecule has 0 radical (unpaired) electrons. The van der Waals surface area contributed by atoms with Crippen LogP contribution in [0.4, 0.5) is 4.79 Å². The highest BCUT2D eigenvalue weighted by molar-refractivity contribution is 5.90. The number of amides is 4. The first-order valence-electron chi connectivity index (χ1n) is 18.2. The van der Waals surface area contributed by atoms with E-state index in [1.165, 1.54) is 17.4 Å². The number of hydrogen-bond donors (Lipinski definition) is 7. The van der Waals surface area contributed by atoms with E-state index in [0.717, 1.165) is 24.9 Å². The molecule has 17 heteroatoms. The Bertz CT molecular complexity index is 1690. The number of methoxy groups -OCH3 is 1. The Morgan fingerprint density at radius 3 is 2.68 bits per heavy atom. The lowest BCUT2D eigenvalue weighted by atomic mass is 9.53. The van der Waals surface area contributed by atoms with Crippen molar-refractivity contribution < 1.29 is 43.3 Å². The van der Waals surface area contributed by atoms with Gasteiger partial charge in [-0.2, -0.15) is 0 Å². The zero-order chi connectivity index (χ0) is 38.0. The van der Waals surface area contributed by atoms with Gasteiger partial charge < -0.3 is 56.1 Å². The van der Waals surface area contributed by atoms with Gasteiger partial charge in [0.15, 0.2) is 23.6 Å². The maximum absolute atomic E-state index is 14.1. The number of nitrogens with zero attached hydrogens (tertiary/aromatic N) is 2. The molecule has 0 aromatic heterocycles. The van der Waals surface area contributed by atoms with Crippen molar-refractivity contribution in [1.29, 1.82) is 5.41 Å². The van der Waals surface area contributed by atoms with Gasteiger partial charge in [-0.05, 0) is 82.2 Å². The summed E-state index contributed by atoms with van der Waals surface area (Å²) in [5, 5.41) is 27.8. The van der Waals surface area contributed by atoms with Crippen LogP contribution in [0.25, 0.3) is 0 Å². The Hall–Kier alpha value is -5.06. The van der Waals surface area contributed by atoms with E-state index in [-0.39, 0.29) is 37.9 Å². The Balaban J connectivity index is 1.18. The number of aliphatic carboxylic acids is 1. The lowest BCUT2D eigenvalue weighted by Crippen LogP contribution is -2.63. The summed E-state index contributed by atoms with van der Waals surface area (Å²) in [6.07, 6.45) is 4.19. The topological polar surface area (TPSA) is 238 Å². The molecule has 53 heavy (non-hydrogen) atoms. The molecule has 8 N–H and O–H groups in total. The Labute approximate surface area is 307 Å². The molecule has 17 nitrogen and oxygen atoms in total. The molecule has 2 fully saturated rings. The standard InChI is InChI=1S/C36H50N8O9/c1-19(45)40-17-28(46)42-24(5-4-13-39-34(37)38)32(47)41-16-22-8-6-21(33(48)49)18-44(22)35(50)52-27-11-9-23-25-15-20-7-10-26(51-3)30-29(20)36(23,31(27)53-30)12-14-43(25)2/h7,10-11,21-25,31H,4-6,8-9,12-18H2,1-3H3,(H,40,45)(H,41,47)(H,42,46)(H,48,49)(H4,37,38,39)/t21?,22?,23?,24-,25+,31?,36-/m0/s1. The largest absolute Gasteiger partial charge is 0.493 e. The Kier molecular flexibility index (Phi) is 11.0. The van der Waals surface area contributed by atoms with Gasteiger partial charge in [-0.25, -0.2) is 4.79 Å². The lowest BCUT2D eigenvalue weighted by molar-refractivity contribution is -0.144. The summed E-state index contributed by atoms with van der Waals surface area (Å²) in [6.45, 7) is 1.97. The number of carboxylic acid groups (broad SMARTS) is 1. The molecule has 1 aromatic rings. The molecule has 7 atom stereocenters. The summed E-state index contributed by atoms with van der Waals surface area (Å²) in [5.41, 5.74) is 7.30. The average molecular weight is 739 g/mol. The molecule has 4 amide bonds. The van der Waals surface area contributed by atoms with E-state index >= 15 is 0 Å². The van der Waals surface area contributed by atoms with Crippen molar-refractivity contribution in [3.05, 3.63) is 35.1 Å². The molecule has 2 bridgehead atoms. The predicted molar refractivity (Wildman–Crippen MR) is 190 cm³/mol. The maximum atomic E-state index is 14.1. The molecule has 1 spiro atoms. The molecular formula is C36H50N8O9. The summed E-state index contributed by atoms with van der Waals surface area (Å²) in [4.78, 5) is 67.3. The van der Waals surface area contributed by atoms with Crippen molar-refractivity contribution in [2.24, 2.45) is 17.6 Å². The van der Waals surface area contributed by atoms with E-state index in [1.54, 1.807) is 7.11 Å². The maximum Gasteiger partial charge on any atom is 0.415 e. The minimum atomic E-state index is -1.03. The van der Waals surface area contributed by atoms with Crippen LogP contribution in [0.1, 0.15) is 56.6 Å². The van der Waals surface area contributed by atoms with Crippen LogP contribution in [0.3, 0.4) is 0 Å². The van der Waals surface area contributed by atoms with Gasteiger partial charge in [0.05, 0.1) is 25.6 Å². The number of nitrogens with two attached hydrogens (primary N) is 1. The Morgan fingerprint density at radius 1 is 1.17 bits per heavy atom. The number of allylic oxidation sites excluding steroid dienone is 1. The number of hydrogen-bond acceptors (Lipinski definition) is 10. The van der Waals surface area contributed by atoms with Gasteiger partial charge in [0.1, 0.15) is 11.8 Å². The van der Waals surface area contributed by atoms with Crippen LogP contribution in [-0.4, -0.2) is 122 Å². The number of benzene rings is 1. The normalized spacial score (nSPS) is 27.2. The van der Waals surface area contributed by atoms with Gasteiger partial charge in [0, 0.05) is 43.6 Å². The fourth-order valence-electron chi connectivity index (χ4n) is 8.98. The number of nitrogens with one attached hydrogen (secondary N) is 5. The quantitative estimate of drug-likeness (QED) is 0.0814. The van der Waals surface area contributed by atoms with Crippen LogP contribution in [0.2, 0.25) is 0 Å². The summed E-state index contributed by atoms with van der Waals surface area (Å²) >= 11 is 0. The highest BCUT2D eigenvalue weighted by atomic mass is 16.6. The minimum absolute atomic E-state index is 0.0188. The molecule has 4 unspecified atom stereocenters. The molecule has 5 aliphatic rings. The second-order valence-corrected chi connectivity index (χ2v) is 14.7. The second-order valence-electron chi connectivity index (χ2n) is 14.7. The highest BCUT2D eigenvalue weighted by Crippen LogP contribution is 2.63. The molecule has 3 heterocycles. The summed E-state index contributed by atoms with van der Waals surface area (Å²) in [7, 11) is 3.76. The van der Waals surface area contributed by atoms with E-state index in [0.29, 0.717) is 55.5 Å². The fraction of sp³-hybridized carbons (Fsp3) is 0.611. The van der Waals surface area contributed by atoms with E-state index in [9.17, 15) is 29.1 Å². The van der Waals surface area contributed by atoms with Crippen LogP contribution in [-0.2, 0) is 35.8 Å². The van der Waals surface area contributed by atoms with Gasteiger partial charge >= 0.3 is 12.1 Å². The van der Waals surface area contributed by atoms with Gasteiger partial charge in [-0.3, -0.25) is 24.6 Å². The van der Waals surface area contributed by atoms with Gasteiger partial charge in [-0.15, -0.1) is 0 Å². The first-order valence-corrected chi connectivity index (χ1v) is 18.2. The minimum Gasteiger partial charge on any atom is -0.493 e. The number of ether oxygens (including phenoxy) is 3. The summed E-state index contributed by atoms with van der Waals surface area (Å²) < 4.78 is 18.6. The fourth-order valence-corrected chi connectivity index (χ4v) is 8.98. The van der Waals surface area contributed by atoms with Crippen molar-refractivity contribution in [2.45, 2.75) is 81.5 Å². The van der Waals surface area contributed by atoms with Crippen LogP contribution in [0, 0.1) is 17.2 Å². The van der Waals surface area contributed by atoms with Crippen molar-refractivity contribution in [3.8, 4) is 11.5 Å². The first kappa shape index (κ1) is 37.7. The third-order valence-corrected chi connectivity index (χ3v) is 11.6. The first-order chi connectivity index (χ1) is 25.3. The highest BCUT2D eigenvalue weighted by Gasteiger charge is 2.65. The zero-order valence-electron chi connectivity index (χ0n) is 30.4. The molecule has 0 saturated carbocycles. The third kappa shape index (κ3) is 7.43. The van der Waals surface area contributed by atoms with Crippen molar-refractivity contribution in [3.63, 3.8) is 0 Å². The zero-order valence-corrected chi connectivity index (χ0v) is 30.4. The molecule has 3 aliphatic heterocycles. The van der Waals surface area contributed by atoms with Gasteiger partial charge in [-0.1, -0.05) is 6.07 Å². The van der Waals surface area contributed by atoms with Crippen LogP contribution in [0.15, 0.2) is 24.0 Å². The second kappa shape index (κ2) is 15.5. The number of carboxylic acids is 1. The third-order valence-electron chi connectivity index (χ3n) is 11.6. The van der Waals surface area contributed by atoms with Crippen LogP contribution >= 0.6 is 0 Å². The molecule has 2 aliphatic carbocycles. The van der Waals surface area contributed by atoms with Crippen molar-refractivity contribution in [1.82, 2.24) is 31.1 Å². The number of rotatable bonds is 13. The molecule has 288 valence electrons. The smallest absolute Gasteiger partial charge is 0.415 e. The number of carbonyl (C=O) groups excluding carboxylic acids is 4. The summed E-state index contributed by atoms with van der Waals surface area (Å²) in [6, 6.07) is 2.75. The number of guanidine groups is 1. The van der Waals surface area contributed by atoms with Gasteiger partial charge in [0.2, 0.25) is 17.7 Å². The van der Waals surface area contributed by atoms with E-state index in [2.05, 4.69) is 39.3 Å². The lowest BCUT2D eigenvalue weighted by Gasteiger charge is -2.56.